The molecule has 0 bridgehead atoms. The first kappa shape index (κ1) is 12.7. The molecule has 7 heteroatoms. The Morgan fingerprint density at radius 2 is 2.17 bits per heavy atom. The van der Waals surface area contributed by atoms with Gasteiger partial charge in [-0.15, -0.1) is 0 Å². The van der Waals surface area contributed by atoms with E-state index in [2.05, 4.69) is 15.2 Å². The number of nitrogens with one attached hydrogen (secondary N) is 1. The number of Topliss-reactive ketones (excluding diaryl/α,β-unsaturated/α-hetero) is 1. The van der Waals surface area contributed by atoms with Crippen molar-refractivity contribution >= 4 is 17.5 Å². The van der Waals surface area contributed by atoms with Crippen LogP contribution in [-0.4, -0.2) is 26.2 Å². The lowest BCUT2D eigenvalue weighted by Gasteiger charge is -2.08. The highest BCUT2D eigenvalue weighted by atomic mass is 32.2. The number of carbonyl (C=O) groups excluding carboxylic acids is 1. The average molecular weight is 269 g/mol. The molecular weight excluding hydrogens is 260 g/mol. The number of halogens is 2. The molecule has 0 aliphatic rings. The molecule has 0 aliphatic carbocycles. The molecule has 0 unspecified atom stereocenters. The van der Waals surface area contributed by atoms with Gasteiger partial charge in [0.2, 0.25) is 0 Å². The molecule has 1 N–H and O–H groups in total. The minimum Gasteiger partial charge on any atom is -0.293 e. The van der Waals surface area contributed by atoms with Crippen LogP contribution in [0.4, 0.5) is 8.78 Å². The molecule has 0 spiro atoms. The normalized spacial score (nSPS) is 12.4. The van der Waals surface area contributed by atoms with Gasteiger partial charge in [0.05, 0.1) is 5.25 Å². The lowest BCUT2D eigenvalue weighted by molar-refractivity contribution is 0.0993. The topological polar surface area (TPSA) is 58.6 Å². The fourth-order valence-electron chi connectivity index (χ4n) is 1.36. The predicted molar refractivity (Wildman–Crippen MR) is 62.4 cm³/mol. The second-order valence-electron chi connectivity index (χ2n) is 3.54. The molecule has 0 saturated carbocycles. The van der Waals surface area contributed by atoms with E-state index in [-0.39, 0.29) is 11.3 Å². The molecule has 0 saturated heterocycles. The van der Waals surface area contributed by atoms with Crippen LogP contribution in [0.5, 0.6) is 0 Å². The molecule has 94 valence electrons. The van der Waals surface area contributed by atoms with Crippen LogP contribution in [-0.2, 0) is 0 Å². The van der Waals surface area contributed by atoms with Crippen LogP contribution in [0.2, 0.25) is 0 Å². The lowest BCUT2D eigenvalue weighted by Crippen LogP contribution is -2.14. The van der Waals surface area contributed by atoms with Gasteiger partial charge in [0.1, 0.15) is 6.33 Å². The van der Waals surface area contributed by atoms with E-state index in [0.29, 0.717) is 5.16 Å². The van der Waals surface area contributed by atoms with Crippen LogP contribution in [0.15, 0.2) is 29.7 Å². The summed E-state index contributed by atoms with van der Waals surface area (Å²) in [5.74, 6) is -2.30. The summed E-state index contributed by atoms with van der Waals surface area (Å²) in [7, 11) is 0. The molecule has 1 heterocycles. The summed E-state index contributed by atoms with van der Waals surface area (Å²) in [5.41, 5.74) is 0.133. The number of ketones is 1. The average Bonchev–Trinajstić information content (AvgIpc) is 2.84. The maximum Gasteiger partial charge on any atom is 0.184 e. The highest BCUT2D eigenvalue weighted by molar-refractivity contribution is 8.00. The van der Waals surface area contributed by atoms with Crippen LogP contribution in [0.1, 0.15) is 17.3 Å². The fourth-order valence-corrected chi connectivity index (χ4v) is 2.15. The summed E-state index contributed by atoms with van der Waals surface area (Å²) in [6.45, 7) is 1.66. The Kier molecular flexibility index (Phi) is 3.71. The summed E-state index contributed by atoms with van der Waals surface area (Å²) in [6.07, 6.45) is 1.33. The van der Waals surface area contributed by atoms with Gasteiger partial charge in [0.25, 0.3) is 0 Å². The highest BCUT2D eigenvalue weighted by Crippen LogP contribution is 2.22. The second-order valence-corrected chi connectivity index (χ2v) is 4.87. The number of carbonyl (C=O) groups is 1. The van der Waals surface area contributed by atoms with Crippen molar-refractivity contribution in [3.63, 3.8) is 0 Å². The smallest absolute Gasteiger partial charge is 0.184 e. The first-order chi connectivity index (χ1) is 8.58. The molecule has 2 aromatic rings. The molecule has 0 fully saturated rings. The Hall–Kier alpha value is -1.76. The van der Waals surface area contributed by atoms with E-state index in [1.165, 1.54) is 24.2 Å². The number of aromatic amines is 1. The van der Waals surface area contributed by atoms with Gasteiger partial charge in [0.15, 0.2) is 22.6 Å². The first-order valence-corrected chi connectivity index (χ1v) is 5.97. The third kappa shape index (κ3) is 2.73. The minimum atomic E-state index is -1.03. The van der Waals surface area contributed by atoms with Crippen molar-refractivity contribution < 1.29 is 13.6 Å². The first-order valence-electron chi connectivity index (χ1n) is 5.09. The molecule has 18 heavy (non-hydrogen) atoms. The van der Waals surface area contributed by atoms with Crippen LogP contribution >= 0.6 is 11.8 Å². The van der Waals surface area contributed by atoms with Crippen molar-refractivity contribution in [1.82, 2.24) is 15.2 Å². The third-order valence-electron chi connectivity index (χ3n) is 2.25. The maximum atomic E-state index is 13.0. The number of benzene rings is 1. The summed E-state index contributed by atoms with van der Waals surface area (Å²) in [4.78, 5) is 15.8. The van der Waals surface area contributed by atoms with E-state index >= 15 is 0 Å². The van der Waals surface area contributed by atoms with Gasteiger partial charge >= 0.3 is 0 Å². The van der Waals surface area contributed by atoms with Crippen LogP contribution in [0.25, 0.3) is 0 Å². The van der Waals surface area contributed by atoms with Gasteiger partial charge in [-0.25, -0.2) is 13.8 Å². The number of aromatic nitrogens is 3. The Morgan fingerprint density at radius 3 is 2.78 bits per heavy atom. The summed E-state index contributed by atoms with van der Waals surface area (Å²) < 4.78 is 25.8. The van der Waals surface area contributed by atoms with Gasteiger partial charge in [-0.1, -0.05) is 11.8 Å². The molecule has 0 aliphatic heterocycles. The summed E-state index contributed by atoms with van der Waals surface area (Å²) >= 11 is 1.17. The second kappa shape index (κ2) is 5.26. The molecule has 0 amide bonds. The maximum absolute atomic E-state index is 13.0. The fraction of sp³-hybridized carbons (Fsp3) is 0.182. The van der Waals surface area contributed by atoms with Crippen LogP contribution < -0.4 is 0 Å². The molecular formula is C11H9F2N3OS. The van der Waals surface area contributed by atoms with Crippen molar-refractivity contribution in [3.8, 4) is 0 Å². The van der Waals surface area contributed by atoms with Crippen molar-refractivity contribution in [1.29, 1.82) is 0 Å². The van der Waals surface area contributed by atoms with Gasteiger partial charge in [-0.05, 0) is 25.1 Å². The molecule has 1 aromatic heterocycles. The van der Waals surface area contributed by atoms with Gasteiger partial charge in [-0.2, -0.15) is 5.10 Å². The van der Waals surface area contributed by atoms with Crippen molar-refractivity contribution in [2.24, 2.45) is 0 Å². The number of thioether (sulfide) groups is 1. The quantitative estimate of drug-likeness (QED) is 0.684. The van der Waals surface area contributed by atoms with E-state index in [1.807, 2.05) is 0 Å². The Morgan fingerprint density at radius 1 is 1.39 bits per heavy atom. The van der Waals surface area contributed by atoms with Gasteiger partial charge < -0.3 is 0 Å². The molecule has 1 atom stereocenters. The zero-order valence-corrected chi connectivity index (χ0v) is 10.2. The van der Waals surface area contributed by atoms with Crippen molar-refractivity contribution in [2.45, 2.75) is 17.3 Å². The van der Waals surface area contributed by atoms with E-state index in [9.17, 15) is 13.6 Å². The largest absolute Gasteiger partial charge is 0.293 e. The Labute approximate surface area is 106 Å². The molecule has 4 nitrogen and oxygen atoms in total. The summed E-state index contributed by atoms with van der Waals surface area (Å²) in [5, 5.41) is 6.29. The van der Waals surface area contributed by atoms with E-state index in [1.54, 1.807) is 6.92 Å². The zero-order chi connectivity index (χ0) is 13.1. The number of H-pyrrole nitrogens is 1. The third-order valence-corrected chi connectivity index (χ3v) is 3.24. The van der Waals surface area contributed by atoms with Crippen molar-refractivity contribution in [3.05, 3.63) is 41.7 Å². The van der Waals surface area contributed by atoms with Crippen molar-refractivity contribution in [2.75, 3.05) is 0 Å². The number of rotatable bonds is 4. The number of hydrogen-bond donors (Lipinski definition) is 1. The van der Waals surface area contributed by atoms with Gasteiger partial charge in [0, 0.05) is 5.56 Å². The Bertz CT molecular complexity index is 559. The highest BCUT2D eigenvalue weighted by Gasteiger charge is 2.19. The lowest BCUT2D eigenvalue weighted by atomic mass is 10.1. The summed E-state index contributed by atoms with van der Waals surface area (Å²) in [6, 6.07) is 3.10. The predicted octanol–water partition coefficient (Wildman–Crippen LogP) is 2.45. The molecule has 0 radical (unpaired) electrons. The monoisotopic (exact) mass is 269 g/mol. The van der Waals surface area contributed by atoms with E-state index < -0.39 is 16.9 Å². The minimum absolute atomic E-state index is 0.133. The SMILES string of the molecule is C[C@H](Sc1ncn[nH]1)C(=O)c1ccc(F)c(F)c1. The van der Waals surface area contributed by atoms with E-state index in [4.69, 9.17) is 0 Å². The molecule has 2 rings (SSSR count). The van der Waals surface area contributed by atoms with Crippen LogP contribution in [0.3, 0.4) is 0 Å². The Balaban J connectivity index is 2.12. The standard InChI is InChI=1S/C11H9F2N3OS/c1-6(18-11-14-5-15-16-11)10(17)7-2-3-8(12)9(13)4-7/h2-6H,1H3,(H,14,15,16)/t6-/m0/s1. The number of nitrogens with zero attached hydrogens (tertiary/aromatic N) is 2. The number of hydrogen-bond acceptors (Lipinski definition) is 4. The van der Waals surface area contributed by atoms with Crippen LogP contribution in [0, 0.1) is 11.6 Å². The zero-order valence-electron chi connectivity index (χ0n) is 9.35. The molecule has 1 aromatic carbocycles. The van der Waals surface area contributed by atoms with Gasteiger partial charge in [-0.3, -0.25) is 9.89 Å². The van der Waals surface area contributed by atoms with E-state index in [0.717, 1.165) is 12.1 Å².